The third kappa shape index (κ3) is 3.75. The molecule has 0 radical (unpaired) electrons. The van der Waals surface area contributed by atoms with Gasteiger partial charge in [-0.15, -0.1) is 5.10 Å². The van der Waals surface area contributed by atoms with E-state index in [9.17, 15) is 4.79 Å². The Morgan fingerprint density at radius 3 is 2.45 bits per heavy atom. The standard InChI is InChI=1S/C23H26N4O2/c1-16-9-7-10-17(2)26(16)23(28)21-24-22(18-11-8-14-20(15-18)29-3)27(25-21)19-12-5-4-6-13-19/h4-6,8,11-17H,7,9-10H2,1-3H3. The van der Waals surface area contributed by atoms with Crippen molar-refractivity contribution >= 4 is 5.91 Å². The average molecular weight is 390 g/mol. The number of methoxy groups -OCH3 is 1. The molecule has 29 heavy (non-hydrogen) atoms. The van der Waals surface area contributed by atoms with Gasteiger partial charge in [0.25, 0.3) is 5.91 Å². The summed E-state index contributed by atoms with van der Waals surface area (Å²) in [5.41, 5.74) is 1.70. The summed E-state index contributed by atoms with van der Waals surface area (Å²) in [5.74, 6) is 1.47. The van der Waals surface area contributed by atoms with Crippen molar-refractivity contribution in [2.75, 3.05) is 7.11 Å². The summed E-state index contributed by atoms with van der Waals surface area (Å²) in [6.45, 7) is 4.20. The number of amides is 1. The van der Waals surface area contributed by atoms with Crippen molar-refractivity contribution < 1.29 is 9.53 Å². The number of nitrogens with zero attached hydrogens (tertiary/aromatic N) is 4. The van der Waals surface area contributed by atoms with Crippen LogP contribution in [-0.4, -0.2) is 44.8 Å². The number of rotatable bonds is 4. The number of para-hydroxylation sites is 1. The summed E-state index contributed by atoms with van der Waals surface area (Å²) >= 11 is 0. The minimum atomic E-state index is -0.108. The summed E-state index contributed by atoms with van der Waals surface area (Å²) in [7, 11) is 1.63. The van der Waals surface area contributed by atoms with E-state index in [2.05, 4.69) is 23.9 Å². The monoisotopic (exact) mass is 390 g/mol. The lowest BCUT2D eigenvalue weighted by Crippen LogP contribution is -2.47. The molecule has 1 aliphatic heterocycles. The van der Waals surface area contributed by atoms with Gasteiger partial charge in [0.15, 0.2) is 5.82 Å². The van der Waals surface area contributed by atoms with Crippen LogP contribution < -0.4 is 4.74 Å². The van der Waals surface area contributed by atoms with Crippen molar-refractivity contribution in [2.45, 2.75) is 45.2 Å². The fourth-order valence-corrected chi connectivity index (χ4v) is 4.04. The minimum absolute atomic E-state index is 0.108. The van der Waals surface area contributed by atoms with E-state index >= 15 is 0 Å². The highest BCUT2D eigenvalue weighted by atomic mass is 16.5. The molecular weight excluding hydrogens is 364 g/mol. The second-order valence-electron chi connectivity index (χ2n) is 7.58. The fraction of sp³-hybridized carbons (Fsp3) is 0.348. The number of ether oxygens (including phenoxy) is 1. The number of aromatic nitrogens is 3. The highest BCUT2D eigenvalue weighted by molar-refractivity contribution is 5.91. The Balaban J connectivity index is 1.80. The highest BCUT2D eigenvalue weighted by Crippen LogP contribution is 2.27. The van der Waals surface area contributed by atoms with Crippen LogP contribution in [0.5, 0.6) is 5.75 Å². The second-order valence-corrected chi connectivity index (χ2v) is 7.58. The molecule has 150 valence electrons. The molecule has 2 atom stereocenters. The van der Waals surface area contributed by atoms with Crippen molar-refractivity contribution in [1.82, 2.24) is 19.7 Å². The molecule has 2 unspecified atom stereocenters. The Labute approximate surface area is 171 Å². The molecule has 2 heterocycles. The van der Waals surface area contributed by atoms with E-state index in [1.165, 1.54) is 0 Å². The molecule has 0 aliphatic carbocycles. The van der Waals surface area contributed by atoms with Gasteiger partial charge >= 0.3 is 0 Å². The zero-order chi connectivity index (χ0) is 20.4. The SMILES string of the molecule is COc1cccc(-c2nc(C(=O)N3C(C)CCCC3C)nn2-c2ccccc2)c1. The van der Waals surface area contributed by atoms with Gasteiger partial charge in [0, 0.05) is 17.6 Å². The molecule has 2 aromatic carbocycles. The Bertz CT molecular complexity index is 989. The summed E-state index contributed by atoms with van der Waals surface area (Å²) in [6.07, 6.45) is 3.17. The predicted molar refractivity (Wildman–Crippen MR) is 112 cm³/mol. The molecule has 1 aromatic heterocycles. The zero-order valence-electron chi connectivity index (χ0n) is 17.1. The van der Waals surface area contributed by atoms with Gasteiger partial charge in [-0.05, 0) is 57.4 Å². The maximum absolute atomic E-state index is 13.3. The second kappa shape index (κ2) is 8.07. The molecule has 3 aromatic rings. The fourth-order valence-electron chi connectivity index (χ4n) is 4.04. The summed E-state index contributed by atoms with van der Waals surface area (Å²) in [4.78, 5) is 20.0. The molecule has 4 rings (SSSR count). The first kappa shape index (κ1) is 19.2. The molecular formula is C23H26N4O2. The Morgan fingerprint density at radius 2 is 1.76 bits per heavy atom. The maximum atomic E-state index is 13.3. The highest BCUT2D eigenvalue weighted by Gasteiger charge is 2.32. The van der Waals surface area contributed by atoms with Crippen LogP contribution in [0.2, 0.25) is 0 Å². The van der Waals surface area contributed by atoms with Crippen LogP contribution >= 0.6 is 0 Å². The summed E-state index contributed by atoms with van der Waals surface area (Å²) < 4.78 is 7.10. The number of benzene rings is 2. The Hall–Kier alpha value is -3.15. The van der Waals surface area contributed by atoms with Gasteiger partial charge in [-0.3, -0.25) is 4.79 Å². The Kier molecular flexibility index (Phi) is 5.34. The number of likely N-dealkylation sites (tertiary alicyclic amines) is 1. The third-order valence-electron chi connectivity index (χ3n) is 5.56. The van der Waals surface area contributed by atoms with Gasteiger partial charge in [-0.25, -0.2) is 9.67 Å². The van der Waals surface area contributed by atoms with Crippen LogP contribution in [0.1, 0.15) is 43.7 Å². The van der Waals surface area contributed by atoms with E-state index in [1.54, 1.807) is 11.8 Å². The van der Waals surface area contributed by atoms with Crippen molar-refractivity contribution in [1.29, 1.82) is 0 Å². The van der Waals surface area contributed by atoms with E-state index in [0.717, 1.165) is 36.3 Å². The molecule has 0 N–H and O–H groups in total. The number of carbonyl (C=O) groups is 1. The topological polar surface area (TPSA) is 60.2 Å². The van der Waals surface area contributed by atoms with Crippen molar-refractivity contribution in [3.8, 4) is 22.8 Å². The van der Waals surface area contributed by atoms with Gasteiger partial charge in [0.1, 0.15) is 5.75 Å². The molecule has 1 saturated heterocycles. The lowest BCUT2D eigenvalue weighted by atomic mass is 9.97. The van der Waals surface area contributed by atoms with E-state index in [-0.39, 0.29) is 23.8 Å². The Morgan fingerprint density at radius 1 is 1.03 bits per heavy atom. The van der Waals surface area contributed by atoms with Gasteiger partial charge in [-0.2, -0.15) is 0 Å². The molecule has 6 nitrogen and oxygen atoms in total. The smallest absolute Gasteiger partial charge is 0.294 e. The number of hydrogen-bond donors (Lipinski definition) is 0. The van der Waals surface area contributed by atoms with Crippen molar-refractivity contribution in [2.24, 2.45) is 0 Å². The molecule has 0 bridgehead atoms. The molecule has 0 spiro atoms. The summed E-state index contributed by atoms with van der Waals surface area (Å²) in [6, 6.07) is 17.8. The van der Waals surface area contributed by atoms with Crippen LogP contribution in [0.4, 0.5) is 0 Å². The third-order valence-corrected chi connectivity index (χ3v) is 5.56. The summed E-state index contributed by atoms with van der Waals surface area (Å²) in [5, 5.41) is 4.63. The van der Waals surface area contributed by atoms with Gasteiger partial charge in [0.05, 0.1) is 12.8 Å². The van der Waals surface area contributed by atoms with Gasteiger partial charge in [-0.1, -0.05) is 30.3 Å². The molecule has 1 aliphatic rings. The number of hydrogen-bond acceptors (Lipinski definition) is 4. The first-order chi connectivity index (χ1) is 14.1. The van der Waals surface area contributed by atoms with Crippen LogP contribution in [0.25, 0.3) is 17.1 Å². The molecule has 0 saturated carbocycles. The van der Waals surface area contributed by atoms with Crippen molar-refractivity contribution in [3.63, 3.8) is 0 Å². The zero-order valence-corrected chi connectivity index (χ0v) is 17.1. The van der Waals surface area contributed by atoms with Gasteiger partial charge < -0.3 is 9.64 Å². The lowest BCUT2D eigenvalue weighted by Gasteiger charge is -2.38. The predicted octanol–water partition coefficient (Wildman–Crippen LogP) is 4.35. The minimum Gasteiger partial charge on any atom is -0.497 e. The normalized spacial score (nSPS) is 19.2. The van der Waals surface area contributed by atoms with Crippen LogP contribution in [0.3, 0.4) is 0 Å². The molecule has 6 heteroatoms. The molecule has 1 fully saturated rings. The first-order valence-electron chi connectivity index (χ1n) is 10.1. The molecule has 1 amide bonds. The van der Waals surface area contributed by atoms with Crippen LogP contribution in [0, 0.1) is 0 Å². The van der Waals surface area contributed by atoms with Crippen molar-refractivity contribution in [3.05, 3.63) is 60.4 Å². The number of carbonyl (C=O) groups excluding carboxylic acids is 1. The van der Waals surface area contributed by atoms with E-state index in [0.29, 0.717) is 5.82 Å². The largest absolute Gasteiger partial charge is 0.497 e. The van der Waals surface area contributed by atoms with Gasteiger partial charge in [0.2, 0.25) is 5.82 Å². The number of piperidine rings is 1. The first-order valence-corrected chi connectivity index (χ1v) is 10.1. The van der Waals surface area contributed by atoms with E-state index < -0.39 is 0 Å². The quantitative estimate of drug-likeness (QED) is 0.665. The average Bonchev–Trinajstić information content (AvgIpc) is 3.20. The van der Waals surface area contributed by atoms with Crippen LogP contribution in [0.15, 0.2) is 54.6 Å². The van der Waals surface area contributed by atoms with E-state index in [4.69, 9.17) is 4.74 Å². The van der Waals surface area contributed by atoms with Crippen LogP contribution in [-0.2, 0) is 0 Å². The van der Waals surface area contributed by atoms with E-state index in [1.807, 2.05) is 59.5 Å². The maximum Gasteiger partial charge on any atom is 0.294 e. The lowest BCUT2D eigenvalue weighted by molar-refractivity contribution is 0.0498.